The van der Waals surface area contributed by atoms with Crippen molar-refractivity contribution in [3.63, 3.8) is 0 Å². The molecule has 0 aliphatic heterocycles. The second-order valence-electron chi connectivity index (χ2n) is 11.3. The first kappa shape index (κ1) is 40.3. The maximum atomic E-state index is 10.5. The van der Waals surface area contributed by atoms with E-state index in [9.17, 15) is 9.59 Å². The molecule has 8 heteroatoms. The molecule has 0 fully saturated rings. The van der Waals surface area contributed by atoms with Crippen LogP contribution in [0.2, 0.25) is 0 Å². The largest absolute Gasteiger partial charge is 0.481 e. The van der Waals surface area contributed by atoms with Gasteiger partial charge >= 0.3 is 11.9 Å². The SMILES string of the molecule is O=C(O)CCCCCCCCCCCCCCCSSSSCCCCCCCCCCCCCCCC(=O)O. The molecule has 238 valence electrons. The summed E-state index contributed by atoms with van der Waals surface area (Å²) in [5.74, 6) is 1.26. The van der Waals surface area contributed by atoms with Gasteiger partial charge in [0.2, 0.25) is 0 Å². The zero-order valence-corrected chi connectivity index (χ0v) is 28.8. The van der Waals surface area contributed by atoms with Crippen LogP contribution in [0.5, 0.6) is 0 Å². The number of hydrogen-bond donors (Lipinski definition) is 2. The average molecular weight is 639 g/mol. The van der Waals surface area contributed by atoms with E-state index >= 15 is 0 Å². The Labute approximate surface area is 263 Å². The van der Waals surface area contributed by atoms with Crippen molar-refractivity contribution in [1.82, 2.24) is 0 Å². The Morgan fingerprint density at radius 3 is 0.750 bits per heavy atom. The molecule has 0 atom stereocenters. The fourth-order valence-corrected chi connectivity index (χ4v) is 11.1. The van der Waals surface area contributed by atoms with Crippen LogP contribution < -0.4 is 0 Å². The van der Waals surface area contributed by atoms with Gasteiger partial charge in [-0.05, 0) is 45.3 Å². The Morgan fingerprint density at radius 2 is 0.525 bits per heavy atom. The topological polar surface area (TPSA) is 74.6 Å². The first-order valence-corrected chi connectivity index (χ1v) is 21.8. The van der Waals surface area contributed by atoms with E-state index in [0.29, 0.717) is 12.8 Å². The molecule has 0 aliphatic rings. The predicted molar refractivity (Wildman–Crippen MR) is 185 cm³/mol. The van der Waals surface area contributed by atoms with Crippen LogP contribution in [0.15, 0.2) is 0 Å². The van der Waals surface area contributed by atoms with E-state index < -0.39 is 11.9 Å². The summed E-state index contributed by atoms with van der Waals surface area (Å²) in [6.45, 7) is 0. The molecule has 0 saturated carbocycles. The van der Waals surface area contributed by atoms with Gasteiger partial charge in [0.05, 0.1) is 0 Å². The lowest BCUT2D eigenvalue weighted by atomic mass is 10.0. The van der Waals surface area contributed by atoms with Crippen molar-refractivity contribution < 1.29 is 19.8 Å². The molecular formula is C32H62O4S4. The van der Waals surface area contributed by atoms with Gasteiger partial charge in [-0.25, -0.2) is 0 Å². The smallest absolute Gasteiger partial charge is 0.303 e. The highest BCUT2D eigenvalue weighted by Gasteiger charge is 1.99. The standard InChI is InChI=1S/C32H62O4S4/c33-31(34)27-23-19-15-11-7-3-1-5-9-13-17-21-25-29-37-39-40-38-30-26-22-18-14-10-6-2-4-8-12-16-20-24-28-32(35)36/h1-30H2,(H,33,34)(H,35,36). The van der Waals surface area contributed by atoms with Gasteiger partial charge in [-0.2, -0.15) is 0 Å². The normalized spacial score (nSPS) is 11.3. The molecule has 4 nitrogen and oxygen atoms in total. The van der Waals surface area contributed by atoms with Gasteiger partial charge in [0.15, 0.2) is 0 Å². The van der Waals surface area contributed by atoms with Gasteiger partial charge in [0.1, 0.15) is 0 Å². The molecule has 0 aromatic rings. The van der Waals surface area contributed by atoms with Crippen molar-refractivity contribution in [2.24, 2.45) is 0 Å². The zero-order valence-electron chi connectivity index (χ0n) is 25.6. The van der Waals surface area contributed by atoms with Crippen LogP contribution in [0.4, 0.5) is 0 Å². The van der Waals surface area contributed by atoms with E-state index in [2.05, 4.69) is 0 Å². The summed E-state index contributed by atoms with van der Waals surface area (Å²) < 4.78 is 0. The first-order chi connectivity index (χ1) is 19.6. The Hall–Kier alpha value is 0.340. The highest BCUT2D eigenvalue weighted by molar-refractivity contribution is 9.26. The quantitative estimate of drug-likeness (QED) is 0.0524. The fourth-order valence-electron chi connectivity index (χ4n) is 4.87. The van der Waals surface area contributed by atoms with E-state index in [1.165, 1.54) is 153 Å². The van der Waals surface area contributed by atoms with Crippen LogP contribution in [0.1, 0.15) is 180 Å². The monoisotopic (exact) mass is 638 g/mol. The lowest BCUT2D eigenvalue weighted by molar-refractivity contribution is -0.138. The molecule has 0 radical (unpaired) electrons. The molecule has 40 heavy (non-hydrogen) atoms. The number of aliphatic carboxylic acids is 2. The van der Waals surface area contributed by atoms with Crippen molar-refractivity contribution in [2.45, 2.75) is 180 Å². The summed E-state index contributed by atoms with van der Waals surface area (Å²) in [6.07, 6.45) is 34.2. The molecule has 0 saturated heterocycles. The maximum Gasteiger partial charge on any atom is 0.303 e. The number of rotatable bonds is 35. The van der Waals surface area contributed by atoms with E-state index in [1.54, 1.807) is 0 Å². The average Bonchev–Trinajstić information content (AvgIpc) is 2.93. The summed E-state index contributed by atoms with van der Waals surface area (Å²) >= 11 is 0. The molecule has 0 amide bonds. The van der Waals surface area contributed by atoms with Crippen molar-refractivity contribution >= 4 is 53.2 Å². The predicted octanol–water partition coefficient (Wildman–Crippen LogP) is 12.8. The lowest BCUT2D eigenvalue weighted by Gasteiger charge is -2.04. The van der Waals surface area contributed by atoms with E-state index in [-0.39, 0.29) is 0 Å². The minimum absolute atomic E-state index is 0.335. The molecule has 0 unspecified atom stereocenters. The van der Waals surface area contributed by atoms with E-state index in [4.69, 9.17) is 10.2 Å². The van der Waals surface area contributed by atoms with Gasteiger partial charge in [0, 0.05) is 24.3 Å². The Bertz CT molecular complexity index is 491. The summed E-state index contributed by atoms with van der Waals surface area (Å²) in [6, 6.07) is 0. The molecular weight excluding hydrogens is 577 g/mol. The van der Waals surface area contributed by atoms with Gasteiger partial charge in [-0.15, -0.1) is 0 Å². The Balaban J connectivity index is 3.04. The molecule has 0 heterocycles. The number of carboxylic acids is 2. The van der Waals surface area contributed by atoms with Crippen molar-refractivity contribution in [2.75, 3.05) is 11.5 Å². The minimum atomic E-state index is -0.658. The third kappa shape index (κ3) is 38.3. The molecule has 0 aliphatic carbocycles. The highest BCUT2D eigenvalue weighted by atomic mass is 33.7. The minimum Gasteiger partial charge on any atom is -0.481 e. The van der Waals surface area contributed by atoms with Gasteiger partial charge in [-0.1, -0.05) is 163 Å². The van der Waals surface area contributed by atoms with E-state index in [0.717, 1.165) is 25.7 Å². The van der Waals surface area contributed by atoms with Gasteiger partial charge in [-0.3, -0.25) is 9.59 Å². The number of carboxylic acid groups (broad SMARTS) is 2. The van der Waals surface area contributed by atoms with Crippen molar-refractivity contribution in [3.05, 3.63) is 0 Å². The summed E-state index contributed by atoms with van der Waals surface area (Å²) in [5, 5.41) is 17.3. The second-order valence-corrected chi connectivity index (χ2v) is 17.5. The van der Waals surface area contributed by atoms with Gasteiger partial charge in [0.25, 0.3) is 0 Å². The second kappa shape index (κ2) is 35.5. The Kier molecular flexibility index (Phi) is 35.8. The molecule has 0 rings (SSSR count). The summed E-state index contributed by atoms with van der Waals surface area (Å²) in [4.78, 5) is 20.9. The number of unbranched alkanes of at least 4 members (excludes halogenated alkanes) is 24. The molecule has 0 bridgehead atoms. The van der Waals surface area contributed by atoms with Crippen LogP contribution in [0, 0.1) is 0 Å². The molecule has 2 N–H and O–H groups in total. The number of hydrogen-bond acceptors (Lipinski definition) is 6. The lowest BCUT2D eigenvalue weighted by Crippen LogP contribution is -1.93. The van der Waals surface area contributed by atoms with Crippen molar-refractivity contribution in [1.29, 1.82) is 0 Å². The highest BCUT2D eigenvalue weighted by Crippen LogP contribution is 2.43. The first-order valence-electron chi connectivity index (χ1n) is 16.6. The van der Waals surface area contributed by atoms with Crippen LogP contribution in [0.25, 0.3) is 0 Å². The molecule has 0 aromatic carbocycles. The summed E-state index contributed by atoms with van der Waals surface area (Å²) in [5.41, 5.74) is 0. The molecule has 0 spiro atoms. The third-order valence-electron chi connectivity index (χ3n) is 7.36. The van der Waals surface area contributed by atoms with Crippen molar-refractivity contribution in [3.8, 4) is 0 Å². The third-order valence-corrected chi connectivity index (χ3v) is 14.0. The fraction of sp³-hybridized carbons (Fsp3) is 0.938. The number of carbonyl (C=O) groups is 2. The zero-order chi connectivity index (χ0) is 29.2. The van der Waals surface area contributed by atoms with Crippen LogP contribution >= 0.6 is 41.2 Å². The van der Waals surface area contributed by atoms with Crippen LogP contribution in [-0.4, -0.2) is 33.7 Å². The molecule has 0 aromatic heterocycles. The van der Waals surface area contributed by atoms with Crippen LogP contribution in [0.3, 0.4) is 0 Å². The summed E-state index contributed by atoms with van der Waals surface area (Å²) in [7, 11) is 8.02. The van der Waals surface area contributed by atoms with Crippen LogP contribution in [-0.2, 0) is 9.59 Å². The van der Waals surface area contributed by atoms with E-state index in [1.807, 2.05) is 41.2 Å². The maximum absolute atomic E-state index is 10.5. The Morgan fingerprint density at radius 1 is 0.325 bits per heavy atom. The van der Waals surface area contributed by atoms with Gasteiger partial charge < -0.3 is 10.2 Å².